The number of carbonyl (C=O) groups excluding carboxylic acids is 2. The lowest BCUT2D eigenvalue weighted by Gasteiger charge is -2.21. The molecule has 0 heterocycles. The number of hydrogen-bond acceptors (Lipinski definition) is 4. The fraction of sp³-hybridized carbons (Fsp3) is 0.400. The van der Waals surface area contributed by atoms with Gasteiger partial charge < -0.3 is 9.64 Å². The average Bonchev–Trinajstić information content (AvgIpc) is 2.60. The van der Waals surface area contributed by atoms with Gasteiger partial charge in [-0.05, 0) is 36.7 Å². The third-order valence-electron chi connectivity index (χ3n) is 4.15. The van der Waals surface area contributed by atoms with Gasteiger partial charge in [-0.25, -0.2) is 0 Å². The predicted octanol–water partition coefficient (Wildman–Crippen LogP) is 2.34. The van der Waals surface area contributed by atoms with E-state index in [4.69, 9.17) is 4.74 Å². The zero-order valence-electron chi connectivity index (χ0n) is 15.2. The van der Waals surface area contributed by atoms with Gasteiger partial charge in [-0.15, -0.1) is 0 Å². The van der Waals surface area contributed by atoms with Crippen LogP contribution >= 0.6 is 0 Å². The Balaban J connectivity index is 1.86. The fourth-order valence-electron chi connectivity index (χ4n) is 2.74. The van der Waals surface area contributed by atoms with E-state index in [2.05, 4.69) is 30.3 Å². The minimum Gasteiger partial charge on any atom is -0.465 e. The van der Waals surface area contributed by atoms with Crippen LogP contribution < -0.4 is 0 Å². The summed E-state index contributed by atoms with van der Waals surface area (Å²) in [5, 5.41) is 2.48. The highest BCUT2D eigenvalue weighted by Crippen LogP contribution is 2.18. The molecule has 0 fully saturated rings. The number of ether oxygens (including phenoxy) is 1. The summed E-state index contributed by atoms with van der Waals surface area (Å²) >= 11 is 0. The molecule has 2 rings (SSSR count). The van der Waals surface area contributed by atoms with Crippen molar-refractivity contribution < 1.29 is 14.3 Å². The van der Waals surface area contributed by atoms with Gasteiger partial charge in [0.15, 0.2) is 0 Å². The molecule has 25 heavy (non-hydrogen) atoms. The normalized spacial score (nSPS) is 10.9. The number of fused-ring (bicyclic) bond motifs is 1. The van der Waals surface area contributed by atoms with Gasteiger partial charge in [0, 0.05) is 13.6 Å². The minimum atomic E-state index is -0.378. The van der Waals surface area contributed by atoms with Crippen molar-refractivity contribution in [3.8, 4) is 0 Å². The van der Waals surface area contributed by atoms with Crippen LogP contribution in [0.25, 0.3) is 10.8 Å². The van der Waals surface area contributed by atoms with E-state index in [0.29, 0.717) is 6.61 Å². The lowest BCUT2D eigenvalue weighted by Crippen LogP contribution is -2.40. The molecule has 1 amide bonds. The van der Waals surface area contributed by atoms with E-state index in [1.807, 2.05) is 24.1 Å². The number of nitrogens with zero attached hydrogens (tertiary/aromatic N) is 2. The van der Waals surface area contributed by atoms with Gasteiger partial charge >= 0.3 is 5.97 Å². The van der Waals surface area contributed by atoms with E-state index in [1.54, 1.807) is 14.0 Å². The van der Waals surface area contributed by atoms with Crippen molar-refractivity contribution in [2.24, 2.45) is 0 Å². The van der Waals surface area contributed by atoms with Crippen LogP contribution in [0.15, 0.2) is 42.5 Å². The molecular weight excluding hydrogens is 316 g/mol. The molecule has 134 valence electrons. The second-order valence-electron chi connectivity index (χ2n) is 6.18. The number of hydrogen-bond donors (Lipinski definition) is 0. The van der Waals surface area contributed by atoms with E-state index < -0.39 is 0 Å². The summed E-state index contributed by atoms with van der Waals surface area (Å²) in [6, 6.07) is 14.6. The monoisotopic (exact) mass is 342 g/mol. The predicted molar refractivity (Wildman–Crippen MR) is 99.4 cm³/mol. The topological polar surface area (TPSA) is 49.9 Å². The summed E-state index contributed by atoms with van der Waals surface area (Å²) in [6.45, 7) is 3.12. The van der Waals surface area contributed by atoms with Crippen molar-refractivity contribution in [3.63, 3.8) is 0 Å². The van der Waals surface area contributed by atoms with Gasteiger partial charge in [0.1, 0.15) is 6.54 Å². The Bertz CT molecular complexity index is 724. The second kappa shape index (κ2) is 9.18. The Morgan fingerprint density at radius 1 is 1.00 bits per heavy atom. The van der Waals surface area contributed by atoms with Gasteiger partial charge in [0.25, 0.3) is 0 Å². The first-order valence-corrected chi connectivity index (χ1v) is 8.56. The molecule has 5 nitrogen and oxygen atoms in total. The number of likely N-dealkylation sites (N-methyl/N-ethyl adjacent to an activating group) is 2. The SMILES string of the molecule is CCOC(=O)CN(C)C(=O)CN(C)CCc1cccc2ccccc12. The lowest BCUT2D eigenvalue weighted by atomic mass is 10.0. The van der Waals surface area contributed by atoms with E-state index in [9.17, 15) is 9.59 Å². The summed E-state index contributed by atoms with van der Waals surface area (Å²) in [5.41, 5.74) is 1.28. The molecule has 0 unspecified atom stereocenters. The van der Waals surface area contributed by atoms with E-state index in [0.717, 1.165) is 13.0 Å². The fourth-order valence-corrected chi connectivity index (χ4v) is 2.74. The number of benzene rings is 2. The summed E-state index contributed by atoms with van der Waals surface area (Å²) < 4.78 is 4.87. The molecule has 2 aromatic carbocycles. The number of rotatable bonds is 8. The first kappa shape index (κ1) is 18.9. The summed E-state index contributed by atoms with van der Waals surface area (Å²) in [7, 11) is 3.54. The Morgan fingerprint density at radius 3 is 2.48 bits per heavy atom. The summed E-state index contributed by atoms with van der Waals surface area (Å²) in [6.07, 6.45) is 0.868. The molecule has 0 spiro atoms. The molecule has 0 bridgehead atoms. The van der Waals surface area contributed by atoms with Crippen LogP contribution in [0.2, 0.25) is 0 Å². The van der Waals surface area contributed by atoms with Crippen molar-refractivity contribution >= 4 is 22.6 Å². The standard InChI is InChI=1S/C20H26N2O3/c1-4-25-20(24)15-22(3)19(23)14-21(2)13-12-17-10-7-9-16-8-5-6-11-18(16)17/h5-11H,4,12-15H2,1-3H3. The maximum absolute atomic E-state index is 12.2. The van der Waals surface area contributed by atoms with Crippen LogP contribution in [0.3, 0.4) is 0 Å². The van der Waals surface area contributed by atoms with Crippen molar-refractivity contribution in [2.75, 3.05) is 40.3 Å². The highest BCUT2D eigenvalue weighted by Gasteiger charge is 2.15. The third kappa shape index (κ3) is 5.57. The smallest absolute Gasteiger partial charge is 0.325 e. The van der Waals surface area contributed by atoms with Crippen LogP contribution in [0, 0.1) is 0 Å². The van der Waals surface area contributed by atoms with Gasteiger partial charge in [-0.2, -0.15) is 0 Å². The molecule has 0 saturated heterocycles. The number of esters is 1. The Kier molecular flexibility index (Phi) is 6.95. The molecule has 0 radical (unpaired) electrons. The maximum atomic E-state index is 12.2. The molecule has 2 aromatic rings. The molecule has 0 aliphatic carbocycles. The molecule has 0 aliphatic rings. The Morgan fingerprint density at radius 2 is 1.72 bits per heavy atom. The Hall–Kier alpha value is -2.40. The van der Waals surface area contributed by atoms with Crippen molar-refractivity contribution in [3.05, 3.63) is 48.0 Å². The molecular formula is C20H26N2O3. The van der Waals surface area contributed by atoms with E-state index in [-0.39, 0.29) is 25.0 Å². The van der Waals surface area contributed by atoms with Crippen LogP contribution in [-0.4, -0.2) is 62.0 Å². The molecule has 5 heteroatoms. The first-order valence-electron chi connectivity index (χ1n) is 8.56. The lowest BCUT2D eigenvalue weighted by molar-refractivity contribution is -0.148. The highest BCUT2D eigenvalue weighted by molar-refractivity contribution is 5.85. The highest BCUT2D eigenvalue weighted by atomic mass is 16.5. The molecule has 0 aromatic heterocycles. The average molecular weight is 342 g/mol. The van der Waals surface area contributed by atoms with Crippen LogP contribution in [0.4, 0.5) is 0 Å². The van der Waals surface area contributed by atoms with Crippen LogP contribution in [0.5, 0.6) is 0 Å². The van der Waals surface area contributed by atoms with Crippen molar-refractivity contribution in [2.45, 2.75) is 13.3 Å². The molecule has 0 aliphatic heterocycles. The quantitative estimate of drug-likeness (QED) is 0.691. The minimum absolute atomic E-state index is 0.0101. The largest absolute Gasteiger partial charge is 0.465 e. The molecule has 0 saturated carbocycles. The van der Waals surface area contributed by atoms with E-state index >= 15 is 0 Å². The number of amides is 1. The Labute approximate surface area is 149 Å². The van der Waals surface area contributed by atoms with Gasteiger partial charge in [0.2, 0.25) is 5.91 Å². The van der Waals surface area contributed by atoms with Crippen LogP contribution in [0.1, 0.15) is 12.5 Å². The van der Waals surface area contributed by atoms with E-state index in [1.165, 1.54) is 21.2 Å². The first-order chi connectivity index (χ1) is 12.0. The van der Waals surface area contributed by atoms with Crippen molar-refractivity contribution in [1.82, 2.24) is 9.80 Å². The van der Waals surface area contributed by atoms with Crippen LogP contribution in [-0.2, 0) is 20.7 Å². The zero-order valence-corrected chi connectivity index (χ0v) is 15.2. The van der Waals surface area contributed by atoms with Gasteiger partial charge in [0.05, 0.1) is 13.2 Å². The molecule has 0 N–H and O–H groups in total. The third-order valence-corrected chi connectivity index (χ3v) is 4.15. The maximum Gasteiger partial charge on any atom is 0.325 e. The van der Waals surface area contributed by atoms with Crippen molar-refractivity contribution in [1.29, 1.82) is 0 Å². The number of carbonyl (C=O) groups is 2. The molecule has 0 atom stereocenters. The zero-order chi connectivity index (χ0) is 18.2. The second-order valence-corrected chi connectivity index (χ2v) is 6.18. The summed E-state index contributed by atoms with van der Waals surface area (Å²) in [4.78, 5) is 27.0. The van der Waals surface area contributed by atoms with Gasteiger partial charge in [-0.1, -0.05) is 42.5 Å². The summed E-state index contributed by atoms with van der Waals surface area (Å²) in [5.74, 6) is -0.467. The van der Waals surface area contributed by atoms with Gasteiger partial charge in [-0.3, -0.25) is 14.5 Å².